The third-order valence-corrected chi connectivity index (χ3v) is 3.90. The fourth-order valence-corrected chi connectivity index (χ4v) is 2.69. The van der Waals surface area contributed by atoms with Gasteiger partial charge in [-0.2, -0.15) is 18.3 Å². The van der Waals surface area contributed by atoms with Crippen LogP contribution < -0.4 is 10.5 Å². The third-order valence-electron chi connectivity index (χ3n) is 3.55. The lowest BCUT2D eigenvalue weighted by molar-refractivity contribution is -0.150. The first kappa shape index (κ1) is 16.1. The van der Waals surface area contributed by atoms with Gasteiger partial charge in [0.05, 0.1) is 18.4 Å². The zero-order valence-corrected chi connectivity index (χ0v) is 12.4. The predicted octanol–water partition coefficient (Wildman–Crippen LogP) is 1.51. The van der Waals surface area contributed by atoms with Crippen LogP contribution in [0, 0.1) is 0 Å². The third kappa shape index (κ3) is 3.68. The molecule has 1 aliphatic rings. The molecule has 0 spiro atoms. The summed E-state index contributed by atoms with van der Waals surface area (Å²) < 4.78 is 38.5. The van der Waals surface area contributed by atoms with Gasteiger partial charge in [0.15, 0.2) is 0 Å². The molecule has 1 unspecified atom stereocenters. The van der Waals surface area contributed by atoms with Crippen molar-refractivity contribution in [3.63, 3.8) is 0 Å². The summed E-state index contributed by atoms with van der Waals surface area (Å²) in [6.45, 7) is 1.79. The molecule has 1 fully saturated rings. The van der Waals surface area contributed by atoms with E-state index in [9.17, 15) is 18.0 Å². The second-order valence-electron chi connectivity index (χ2n) is 5.15. The van der Waals surface area contributed by atoms with Crippen molar-refractivity contribution in [3.05, 3.63) is 21.6 Å². The number of hydrogen-bond acceptors (Lipinski definition) is 4. The molecule has 0 N–H and O–H groups in total. The van der Waals surface area contributed by atoms with Crippen LogP contribution in [0.1, 0.15) is 6.92 Å². The fraction of sp³-hybridized carbons (Fsp3) is 0.667. The van der Waals surface area contributed by atoms with E-state index in [0.29, 0.717) is 18.8 Å². The summed E-state index contributed by atoms with van der Waals surface area (Å²) in [6.07, 6.45) is -2.74. The maximum absolute atomic E-state index is 12.5. The van der Waals surface area contributed by atoms with E-state index in [0.717, 1.165) is 4.68 Å². The molecule has 0 aliphatic carbocycles. The van der Waals surface area contributed by atoms with Gasteiger partial charge in [-0.05, 0) is 6.92 Å². The summed E-state index contributed by atoms with van der Waals surface area (Å²) in [7, 11) is 1.49. The number of halogens is 4. The number of hydrogen-bond donors (Lipinski definition) is 0. The second kappa shape index (κ2) is 5.84. The Morgan fingerprint density at radius 2 is 2.10 bits per heavy atom. The molecule has 2 rings (SSSR count). The molecule has 0 bridgehead atoms. The molecule has 2 heterocycles. The Kier molecular flexibility index (Phi) is 4.48. The van der Waals surface area contributed by atoms with Gasteiger partial charge < -0.3 is 4.90 Å². The number of piperazine rings is 1. The summed E-state index contributed by atoms with van der Waals surface area (Å²) in [5, 5.41) is 3.95. The molecule has 1 aliphatic heterocycles. The van der Waals surface area contributed by atoms with Crippen LogP contribution in [0.25, 0.3) is 0 Å². The monoisotopic (exact) mass is 324 g/mol. The van der Waals surface area contributed by atoms with Crippen LogP contribution in [-0.4, -0.2) is 53.1 Å². The maximum atomic E-state index is 12.5. The van der Waals surface area contributed by atoms with Crippen molar-refractivity contribution in [2.75, 3.05) is 31.1 Å². The van der Waals surface area contributed by atoms with Crippen molar-refractivity contribution in [1.29, 1.82) is 0 Å². The fourth-order valence-electron chi connectivity index (χ4n) is 2.40. The van der Waals surface area contributed by atoms with Gasteiger partial charge in [0, 0.05) is 32.7 Å². The molecule has 118 valence electrons. The molecule has 0 amide bonds. The standard InChI is InChI=1S/C12H16ClF3N4O/c1-8-6-19(3-4-20(8)7-12(14,15)16)9-5-17-18(2)11(21)10(9)13/h5,8H,3-4,6-7H2,1-2H3. The van der Waals surface area contributed by atoms with Gasteiger partial charge in [-0.25, -0.2) is 4.68 Å². The summed E-state index contributed by atoms with van der Waals surface area (Å²) in [6, 6.07) is -0.291. The molecule has 0 aromatic carbocycles. The molecule has 1 aromatic rings. The van der Waals surface area contributed by atoms with Crippen LogP contribution in [0.4, 0.5) is 18.9 Å². The Morgan fingerprint density at radius 1 is 1.43 bits per heavy atom. The minimum absolute atomic E-state index is 0.0453. The van der Waals surface area contributed by atoms with Crippen LogP contribution in [0.3, 0.4) is 0 Å². The Morgan fingerprint density at radius 3 is 2.67 bits per heavy atom. The largest absolute Gasteiger partial charge is 0.401 e. The zero-order chi connectivity index (χ0) is 15.8. The highest BCUT2D eigenvalue weighted by atomic mass is 35.5. The van der Waals surface area contributed by atoms with Crippen molar-refractivity contribution in [2.45, 2.75) is 19.1 Å². The molecular formula is C12H16ClF3N4O. The van der Waals surface area contributed by atoms with Crippen LogP contribution in [0.2, 0.25) is 5.02 Å². The number of nitrogens with zero attached hydrogens (tertiary/aromatic N) is 4. The van der Waals surface area contributed by atoms with Crippen LogP contribution in [0.15, 0.2) is 11.0 Å². The van der Waals surface area contributed by atoms with Crippen molar-refractivity contribution in [1.82, 2.24) is 14.7 Å². The molecule has 0 saturated carbocycles. The van der Waals surface area contributed by atoms with Gasteiger partial charge in [0.1, 0.15) is 5.02 Å². The Hall–Kier alpha value is -1.28. The van der Waals surface area contributed by atoms with Gasteiger partial charge >= 0.3 is 6.18 Å². The van der Waals surface area contributed by atoms with Crippen molar-refractivity contribution in [3.8, 4) is 0 Å². The molecule has 1 atom stereocenters. The molecule has 5 nitrogen and oxygen atoms in total. The average molecular weight is 325 g/mol. The maximum Gasteiger partial charge on any atom is 0.401 e. The van der Waals surface area contributed by atoms with Gasteiger partial charge in [-0.3, -0.25) is 9.69 Å². The Labute approximate surface area is 124 Å². The van der Waals surface area contributed by atoms with E-state index in [1.54, 1.807) is 11.8 Å². The normalized spacial score (nSPS) is 20.9. The van der Waals surface area contributed by atoms with E-state index in [1.807, 2.05) is 0 Å². The first-order chi connectivity index (χ1) is 9.69. The summed E-state index contributed by atoms with van der Waals surface area (Å²) in [5.74, 6) is 0. The quantitative estimate of drug-likeness (QED) is 0.827. The summed E-state index contributed by atoms with van der Waals surface area (Å²) in [5.41, 5.74) is 0.0535. The first-order valence-corrected chi connectivity index (χ1v) is 6.84. The molecule has 9 heteroatoms. The Bertz CT molecular complexity index is 575. The Balaban J connectivity index is 2.13. The number of aromatic nitrogens is 2. The smallest absolute Gasteiger partial charge is 0.366 e. The number of alkyl halides is 3. The van der Waals surface area contributed by atoms with Crippen LogP contribution in [-0.2, 0) is 7.05 Å². The van der Waals surface area contributed by atoms with Crippen LogP contribution >= 0.6 is 11.6 Å². The van der Waals surface area contributed by atoms with E-state index in [1.165, 1.54) is 18.1 Å². The van der Waals surface area contributed by atoms with Crippen molar-refractivity contribution in [2.24, 2.45) is 7.05 Å². The van der Waals surface area contributed by atoms with Crippen molar-refractivity contribution < 1.29 is 13.2 Å². The molecule has 1 saturated heterocycles. The van der Waals surface area contributed by atoms with E-state index < -0.39 is 18.3 Å². The number of rotatable bonds is 2. The number of aryl methyl sites for hydroxylation is 1. The lowest BCUT2D eigenvalue weighted by Gasteiger charge is -2.41. The van der Waals surface area contributed by atoms with Gasteiger partial charge in [0.2, 0.25) is 0 Å². The molecule has 21 heavy (non-hydrogen) atoms. The highest BCUT2D eigenvalue weighted by Crippen LogP contribution is 2.25. The van der Waals surface area contributed by atoms with E-state index in [2.05, 4.69) is 5.10 Å². The zero-order valence-electron chi connectivity index (χ0n) is 11.7. The van der Waals surface area contributed by atoms with Gasteiger partial charge in [-0.15, -0.1) is 0 Å². The summed E-state index contributed by atoms with van der Waals surface area (Å²) in [4.78, 5) is 14.9. The molecule has 0 radical (unpaired) electrons. The van der Waals surface area contributed by atoms with Crippen LogP contribution in [0.5, 0.6) is 0 Å². The van der Waals surface area contributed by atoms with E-state index in [-0.39, 0.29) is 17.6 Å². The molecular weight excluding hydrogens is 309 g/mol. The SMILES string of the molecule is CC1CN(c2cnn(C)c(=O)c2Cl)CCN1CC(F)(F)F. The first-order valence-electron chi connectivity index (χ1n) is 6.46. The molecule has 1 aromatic heterocycles. The lowest BCUT2D eigenvalue weighted by Crippen LogP contribution is -2.54. The minimum atomic E-state index is -4.21. The van der Waals surface area contributed by atoms with Gasteiger partial charge in [0.25, 0.3) is 5.56 Å². The highest BCUT2D eigenvalue weighted by molar-refractivity contribution is 6.33. The van der Waals surface area contributed by atoms with E-state index >= 15 is 0 Å². The number of anilines is 1. The summed E-state index contributed by atoms with van der Waals surface area (Å²) >= 11 is 6.01. The van der Waals surface area contributed by atoms with Gasteiger partial charge in [-0.1, -0.05) is 11.6 Å². The van der Waals surface area contributed by atoms with Crippen molar-refractivity contribution >= 4 is 17.3 Å². The minimum Gasteiger partial charge on any atom is -0.366 e. The second-order valence-corrected chi connectivity index (χ2v) is 5.53. The highest BCUT2D eigenvalue weighted by Gasteiger charge is 2.35. The van der Waals surface area contributed by atoms with E-state index in [4.69, 9.17) is 11.6 Å². The topological polar surface area (TPSA) is 41.4 Å². The average Bonchev–Trinajstić information content (AvgIpc) is 2.37. The lowest BCUT2D eigenvalue weighted by atomic mass is 10.2. The predicted molar refractivity (Wildman–Crippen MR) is 73.8 cm³/mol.